The Balaban J connectivity index is 2.26. The van der Waals surface area contributed by atoms with Crippen LogP contribution in [0.25, 0.3) is 0 Å². The molecule has 1 saturated heterocycles. The van der Waals surface area contributed by atoms with Crippen LogP contribution in [0.15, 0.2) is 17.5 Å². The zero-order chi connectivity index (χ0) is 9.31. The van der Waals surface area contributed by atoms with E-state index in [1.807, 2.05) is 11.3 Å². The number of hydrogen-bond donors (Lipinski definition) is 1. The van der Waals surface area contributed by atoms with Crippen molar-refractivity contribution in [2.24, 2.45) is 0 Å². The highest BCUT2D eigenvalue weighted by Gasteiger charge is 2.37. The molecular formula is C10H16N2S. The van der Waals surface area contributed by atoms with E-state index in [4.69, 9.17) is 0 Å². The fourth-order valence-corrected chi connectivity index (χ4v) is 3.03. The summed E-state index contributed by atoms with van der Waals surface area (Å²) in [6.45, 7) is 2.32. The molecule has 0 aromatic carbocycles. The monoisotopic (exact) mass is 196 g/mol. The van der Waals surface area contributed by atoms with E-state index in [0.29, 0.717) is 0 Å². The Bertz CT molecular complexity index is 270. The second-order valence-corrected chi connectivity index (χ2v) is 4.74. The summed E-state index contributed by atoms with van der Waals surface area (Å²) >= 11 is 1.86. The summed E-state index contributed by atoms with van der Waals surface area (Å²) in [7, 11) is 4.26. The van der Waals surface area contributed by atoms with Crippen molar-refractivity contribution >= 4 is 11.3 Å². The zero-order valence-electron chi connectivity index (χ0n) is 8.21. The van der Waals surface area contributed by atoms with E-state index >= 15 is 0 Å². The average molecular weight is 196 g/mol. The topological polar surface area (TPSA) is 15.3 Å². The van der Waals surface area contributed by atoms with Gasteiger partial charge in [-0.3, -0.25) is 0 Å². The van der Waals surface area contributed by atoms with Gasteiger partial charge in [-0.2, -0.15) is 0 Å². The fraction of sp³-hybridized carbons (Fsp3) is 0.600. The molecule has 0 bridgehead atoms. The first-order chi connectivity index (χ1) is 6.27. The molecule has 1 aliphatic rings. The maximum atomic E-state index is 3.48. The lowest BCUT2D eigenvalue weighted by molar-refractivity contribution is 0.339. The predicted octanol–water partition coefficient (Wildman–Crippen LogP) is 1.50. The summed E-state index contributed by atoms with van der Waals surface area (Å²) in [5.74, 6) is 0. The average Bonchev–Trinajstić information content (AvgIpc) is 2.73. The molecule has 2 nitrogen and oxygen atoms in total. The van der Waals surface area contributed by atoms with E-state index in [2.05, 4.69) is 41.8 Å². The number of rotatable bonds is 2. The quantitative estimate of drug-likeness (QED) is 0.771. The van der Waals surface area contributed by atoms with E-state index < -0.39 is 0 Å². The van der Waals surface area contributed by atoms with Gasteiger partial charge in [-0.1, -0.05) is 6.07 Å². The molecule has 2 heterocycles. The van der Waals surface area contributed by atoms with Crippen molar-refractivity contribution in [1.82, 2.24) is 10.2 Å². The third kappa shape index (κ3) is 1.52. The standard InChI is InChI=1S/C10H16N2S/c1-11-10(5-6-12(2)8-10)9-4-3-7-13-9/h3-4,7,11H,5-6,8H2,1-2H3. The summed E-state index contributed by atoms with van der Waals surface area (Å²) in [5, 5.41) is 5.64. The van der Waals surface area contributed by atoms with Crippen molar-refractivity contribution in [3.8, 4) is 0 Å². The lowest BCUT2D eigenvalue weighted by Gasteiger charge is -2.27. The molecule has 1 aromatic heterocycles. The molecule has 1 atom stereocenters. The van der Waals surface area contributed by atoms with Gasteiger partial charge in [0.25, 0.3) is 0 Å². The van der Waals surface area contributed by atoms with Crippen LogP contribution in [0, 0.1) is 0 Å². The largest absolute Gasteiger partial charge is 0.309 e. The van der Waals surface area contributed by atoms with Crippen molar-refractivity contribution in [3.63, 3.8) is 0 Å². The van der Waals surface area contributed by atoms with Crippen LogP contribution in [0.5, 0.6) is 0 Å². The number of nitrogens with one attached hydrogen (secondary N) is 1. The van der Waals surface area contributed by atoms with Gasteiger partial charge in [0, 0.05) is 18.0 Å². The number of nitrogens with zero attached hydrogens (tertiary/aromatic N) is 1. The molecule has 1 fully saturated rings. The van der Waals surface area contributed by atoms with E-state index in [0.717, 1.165) is 6.54 Å². The normalized spacial score (nSPS) is 29.7. The second-order valence-electron chi connectivity index (χ2n) is 3.80. The van der Waals surface area contributed by atoms with Crippen LogP contribution in [0.2, 0.25) is 0 Å². The Labute approximate surface area is 83.6 Å². The highest BCUT2D eigenvalue weighted by molar-refractivity contribution is 7.10. The van der Waals surface area contributed by atoms with Crippen molar-refractivity contribution in [2.75, 3.05) is 27.2 Å². The molecule has 0 radical (unpaired) electrons. The van der Waals surface area contributed by atoms with Crippen LogP contribution in [0.1, 0.15) is 11.3 Å². The minimum Gasteiger partial charge on any atom is -0.309 e. The van der Waals surface area contributed by atoms with Gasteiger partial charge in [0.15, 0.2) is 0 Å². The molecule has 1 unspecified atom stereocenters. The molecule has 0 amide bonds. The van der Waals surface area contributed by atoms with Crippen LogP contribution in [-0.4, -0.2) is 32.1 Å². The molecular weight excluding hydrogens is 180 g/mol. The Hall–Kier alpha value is -0.380. The summed E-state index contributed by atoms with van der Waals surface area (Å²) in [6, 6.07) is 4.37. The van der Waals surface area contributed by atoms with Crippen molar-refractivity contribution in [1.29, 1.82) is 0 Å². The lowest BCUT2D eigenvalue weighted by Crippen LogP contribution is -2.41. The second kappa shape index (κ2) is 3.40. The molecule has 0 aliphatic carbocycles. The molecule has 13 heavy (non-hydrogen) atoms. The van der Waals surface area contributed by atoms with Crippen molar-refractivity contribution in [2.45, 2.75) is 12.0 Å². The molecule has 0 saturated carbocycles. The minimum atomic E-state index is 0.225. The Morgan fingerprint density at radius 3 is 2.92 bits per heavy atom. The summed E-state index contributed by atoms with van der Waals surface area (Å²) < 4.78 is 0. The number of thiophene rings is 1. The third-order valence-electron chi connectivity index (χ3n) is 2.93. The molecule has 2 rings (SSSR count). The first kappa shape index (κ1) is 9.19. The highest BCUT2D eigenvalue weighted by atomic mass is 32.1. The maximum absolute atomic E-state index is 3.48. The third-order valence-corrected chi connectivity index (χ3v) is 4.01. The molecule has 0 spiro atoms. The first-order valence-corrected chi connectivity index (χ1v) is 5.56. The van der Waals surface area contributed by atoms with Gasteiger partial charge in [-0.25, -0.2) is 0 Å². The summed E-state index contributed by atoms with van der Waals surface area (Å²) in [5.41, 5.74) is 0.225. The summed E-state index contributed by atoms with van der Waals surface area (Å²) in [4.78, 5) is 3.86. The van der Waals surface area contributed by atoms with Crippen molar-refractivity contribution < 1.29 is 0 Å². The number of hydrogen-bond acceptors (Lipinski definition) is 3. The van der Waals surface area contributed by atoms with E-state index in [1.54, 1.807) is 0 Å². The molecule has 1 aliphatic heterocycles. The Morgan fingerprint density at radius 2 is 2.46 bits per heavy atom. The smallest absolute Gasteiger partial charge is 0.0667 e. The van der Waals surface area contributed by atoms with Crippen LogP contribution < -0.4 is 5.32 Å². The molecule has 72 valence electrons. The number of likely N-dealkylation sites (N-methyl/N-ethyl adjacent to an activating group) is 2. The molecule has 3 heteroatoms. The number of likely N-dealkylation sites (tertiary alicyclic amines) is 1. The van der Waals surface area contributed by atoms with Crippen LogP contribution in [-0.2, 0) is 5.54 Å². The van der Waals surface area contributed by atoms with Crippen LogP contribution in [0.3, 0.4) is 0 Å². The molecule has 1 aromatic rings. The Kier molecular flexibility index (Phi) is 2.41. The van der Waals surface area contributed by atoms with Gasteiger partial charge in [-0.15, -0.1) is 11.3 Å². The zero-order valence-corrected chi connectivity index (χ0v) is 9.03. The van der Waals surface area contributed by atoms with E-state index in [1.165, 1.54) is 17.8 Å². The van der Waals surface area contributed by atoms with Crippen LogP contribution >= 0.6 is 11.3 Å². The van der Waals surface area contributed by atoms with Gasteiger partial charge in [0.2, 0.25) is 0 Å². The van der Waals surface area contributed by atoms with Gasteiger partial charge < -0.3 is 10.2 Å². The molecule has 1 N–H and O–H groups in total. The SMILES string of the molecule is CNC1(c2cccs2)CCN(C)C1. The summed E-state index contributed by atoms with van der Waals surface area (Å²) in [6.07, 6.45) is 1.22. The van der Waals surface area contributed by atoms with Gasteiger partial charge in [0.1, 0.15) is 0 Å². The van der Waals surface area contributed by atoms with Gasteiger partial charge in [-0.05, 0) is 32.0 Å². The first-order valence-electron chi connectivity index (χ1n) is 4.68. The van der Waals surface area contributed by atoms with Crippen molar-refractivity contribution in [3.05, 3.63) is 22.4 Å². The van der Waals surface area contributed by atoms with Gasteiger partial charge >= 0.3 is 0 Å². The lowest BCUT2D eigenvalue weighted by atomic mass is 9.97. The highest BCUT2D eigenvalue weighted by Crippen LogP contribution is 2.33. The fourth-order valence-electron chi connectivity index (χ4n) is 2.08. The predicted molar refractivity (Wildman–Crippen MR) is 57.2 cm³/mol. The maximum Gasteiger partial charge on any atom is 0.0667 e. The van der Waals surface area contributed by atoms with E-state index in [9.17, 15) is 0 Å². The minimum absolute atomic E-state index is 0.225. The van der Waals surface area contributed by atoms with Crippen LogP contribution in [0.4, 0.5) is 0 Å². The van der Waals surface area contributed by atoms with E-state index in [-0.39, 0.29) is 5.54 Å². The Morgan fingerprint density at radius 1 is 1.62 bits per heavy atom. The van der Waals surface area contributed by atoms with Gasteiger partial charge in [0.05, 0.1) is 5.54 Å².